The van der Waals surface area contributed by atoms with Crippen LogP contribution in [0.5, 0.6) is 0 Å². The molecule has 1 rings (SSSR count). The predicted octanol–water partition coefficient (Wildman–Crippen LogP) is 9.03. The minimum Gasteiger partial charge on any atom is -0.481 e. The Balaban J connectivity index is 2.01. The monoisotopic (exact) mass is 537 g/mol. The summed E-state index contributed by atoms with van der Waals surface area (Å²) in [4.78, 5) is 25.3. The Labute approximate surface area is 235 Å². The van der Waals surface area contributed by atoms with Crippen LogP contribution >= 0.6 is 0 Å². The third-order valence-corrected chi connectivity index (χ3v) is 8.47. The molecule has 1 N–H and O–H groups in total. The first-order valence-corrected chi connectivity index (χ1v) is 16.4. The molecule has 0 bridgehead atoms. The topological polar surface area (TPSA) is 66.8 Å². The first-order valence-electron chi connectivity index (χ1n) is 16.4. The summed E-state index contributed by atoms with van der Waals surface area (Å²) in [6, 6.07) is 0. The largest absolute Gasteiger partial charge is 0.481 e. The van der Waals surface area contributed by atoms with Gasteiger partial charge in [0.25, 0.3) is 0 Å². The molecule has 4 unspecified atom stereocenters. The number of carboxylic acid groups (broad SMARTS) is 1. The Morgan fingerprint density at radius 2 is 1.26 bits per heavy atom. The van der Waals surface area contributed by atoms with Crippen molar-refractivity contribution in [3.8, 4) is 0 Å². The normalized spacial score (nSPS) is 18.4. The first kappa shape index (κ1) is 34.9. The molecular formula is C33H63NO4. The molecule has 0 saturated heterocycles. The van der Waals surface area contributed by atoms with Gasteiger partial charge in [0, 0.05) is 6.42 Å². The number of esters is 1. The van der Waals surface area contributed by atoms with E-state index in [-0.39, 0.29) is 18.0 Å². The Hall–Kier alpha value is -1.10. The molecule has 0 radical (unpaired) electrons. The molecule has 0 aromatic heterocycles. The molecule has 0 aromatic carbocycles. The Kier molecular flexibility index (Phi) is 20.9. The van der Waals surface area contributed by atoms with Crippen molar-refractivity contribution in [2.24, 2.45) is 17.8 Å². The fraction of sp³-hybridized carbons (Fsp3) is 0.939. The van der Waals surface area contributed by atoms with Gasteiger partial charge >= 0.3 is 11.9 Å². The van der Waals surface area contributed by atoms with Crippen LogP contribution < -0.4 is 0 Å². The molecule has 1 aliphatic rings. The molecular weight excluding hydrogens is 474 g/mol. The minimum absolute atomic E-state index is 0.00362. The molecule has 0 aliphatic heterocycles. The van der Waals surface area contributed by atoms with Gasteiger partial charge in [0.15, 0.2) is 0 Å². The number of hydrogen-bond donors (Lipinski definition) is 1. The quantitative estimate of drug-likeness (QED) is 0.0836. The molecule has 0 aromatic rings. The highest BCUT2D eigenvalue weighted by molar-refractivity contribution is 5.69. The Morgan fingerprint density at radius 3 is 1.79 bits per heavy atom. The lowest BCUT2D eigenvalue weighted by Crippen LogP contribution is -2.20. The number of unbranched alkanes of at least 4 members (excludes halogenated alkanes) is 11. The van der Waals surface area contributed by atoms with Crippen molar-refractivity contribution < 1.29 is 19.4 Å². The molecule has 4 atom stereocenters. The van der Waals surface area contributed by atoms with E-state index in [2.05, 4.69) is 11.8 Å². The summed E-state index contributed by atoms with van der Waals surface area (Å²) in [5.74, 6) is 1.12. The van der Waals surface area contributed by atoms with Gasteiger partial charge in [-0.3, -0.25) is 9.59 Å². The summed E-state index contributed by atoms with van der Waals surface area (Å²) in [6.45, 7) is 5.00. The summed E-state index contributed by atoms with van der Waals surface area (Å²) < 4.78 is 5.89. The standard InChI is InChI=1S/C33H63NO4/c1-5-6-7-17-23-31(38-32(35)25-19-26-34(3)4)24-18-11-9-8-10-15-21-29-27-30(29)22-16-13-12-14-20-28(2)33(36)37/h28-31H,5-27H2,1-4H3,(H,36,37). The van der Waals surface area contributed by atoms with Gasteiger partial charge in [0.1, 0.15) is 6.10 Å². The van der Waals surface area contributed by atoms with E-state index in [0.29, 0.717) is 6.42 Å². The maximum Gasteiger partial charge on any atom is 0.306 e. The van der Waals surface area contributed by atoms with Gasteiger partial charge in [0.2, 0.25) is 0 Å². The van der Waals surface area contributed by atoms with Crippen LogP contribution in [0.25, 0.3) is 0 Å². The van der Waals surface area contributed by atoms with Crippen molar-refractivity contribution in [1.29, 1.82) is 0 Å². The van der Waals surface area contributed by atoms with Crippen molar-refractivity contribution in [1.82, 2.24) is 4.90 Å². The zero-order valence-electron chi connectivity index (χ0n) is 25.7. The molecule has 1 aliphatic carbocycles. The number of carboxylic acids is 1. The van der Waals surface area contributed by atoms with Crippen LogP contribution in [-0.4, -0.2) is 48.7 Å². The van der Waals surface area contributed by atoms with Crippen LogP contribution in [0.1, 0.15) is 155 Å². The Bertz CT molecular complexity index is 594. The van der Waals surface area contributed by atoms with E-state index >= 15 is 0 Å². The molecule has 0 spiro atoms. The number of ether oxygens (including phenoxy) is 1. The van der Waals surface area contributed by atoms with Gasteiger partial charge in [0.05, 0.1) is 5.92 Å². The van der Waals surface area contributed by atoms with Gasteiger partial charge in [-0.25, -0.2) is 0 Å². The number of rotatable bonds is 27. The summed E-state index contributed by atoms with van der Waals surface area (Å²) in [5, 5.41) is 8.94. The highest BCUT2D eigenvalue weighted by Gasteiger charge is 2.35. The van der Waals surface area contributed by atoms with E-state index in [9.17, 15) is 9.59 Å². The van der Waals surface area contributed by atoms with Crippen molar-refractivity contribution in [3.05, 3.63) is 0 Å². The van der Waals surface area contributed by atoms with E-state index in [1.54, 1.807) is 0 Å². The van der Waals surface area contributed by atoms with Crippen LogP contribution in [-0.2, 0) is 14.3 Å². The minimum atomic E-state index is -0.656. The van der Waals surface area contributed by atoms with Crippen LogP contribution in [0.15, 0.2) is 0 Å². The van der Waals surface area contributed by atoms with Gasteiger partial charge in [-0.15, -0.1) is 0 Å². The molecule has 5 nitrogen and oxygen atoms in total. The van der Waals surface area contributed by atoms with E-state index in [1.165, 1.54) is 103 Å². The van der Waals surface area contributed by atoms with E-state index in [4.69, 9.17) is 9.84 Å². The smallest absolute Gasteiger partial charge is 0.306 e. The number of hydrogen-bond acceptors (Lipinski definition) is 4. The van der Waals surface area contributed by atoms with Gasteiger partial charge in [-0.1, -0.05) is 104 Å². The van der Waals surface area contributed by atoms with Crippen LogP contribution in [0, 0.1) is 17.8 Å². The van der Waals surface area contributed by atoms with Crippen LogP contribution in [0.3, 0.4) is 0 Å². The van der Waals surface area contributed by atoms with E-state index in [0.717, 1.165) is 50.5 Å². The van der Waals surface area contributed by atoms with Crippen molar-refractivity contribution in [2.75, 3.05) is 20.6 Å². The zero-order valence-corrected chi connectivity index (χ0v) is 25.7. The van der Waals surface area contributed by atoms with E-state index in [1.807, 2.05) is 21.0 Å². The second kappa shape index (κ2) is 22.7. The van der Waals surface area contributed by atoms with Crippen molar-refractivity contribution in [3.63, 3.8) is 0 Å². The SMILES string of the molecule is CCCCCCC(CCCCCCCCC1CC1CCCCCCC(C)C(=O)O)OC(=O)CCCN(C)C. The number of carbonyl (C=O) groups excluding carboxylic acids is 1. The number of nitrogens with zero attached hydrogens (tertiary/aromatic N) is 1. The second-order valence-electron chi connectivity index (χ2n) is 12.6. The summed E-state index contributed by atoms with van der Waals surface area (Å²) in [5.41, 5.74) is 0. The lowest BCUT2D eigenvalue weighted by molar-refractivity contribution is -0.150. The van der Waals surface area contributed by atoms with Gasteiger partial charge < -0.3 is 14.7 Å². The third kappa shape index (κ3) is 19.9. The zero-order chi connectivity index (χ0) is 28.0. The van der Waals surface area contributed by atoms with Gasteiger partial charge in [-0.2, -0.15) is 0 Å². The second-order valence-corrected chi connectivity index (χ2v) is 12.6. The summed E-state index contributed by atoms with van der Waals surface area (Å²) in [6.07, 6.45) is 26.4. The third-order valence-electron chi connectivity index (χ3n) is 8.47. The predicted molar refractivity (Wildman–Crippen MR) is 159 cm³/mol. The highest BCUT2D eigenvalue weighted by atomic mass is 16.5. The Morgan fingerprint density at radius 1 is 0.763 bits per heavy atom. The van der Waals surface area contributed by atoms with Crippen LogP contribution in [0.2, 0.25) is 0 Å². The fourth-order valence-corrected chi connectivity index (χ4v) is 5.68. The molecule has 5 heteroatoms. The number of carbonyl (C=O) groups is 2. The lowest BCUT2D eigenvalue weighted by Gasteiger charge is -2.18. The molecule has 38 heavy (non-hydrogen) atoms. The van der Waals surface area contributed by atoms with Crippen molar-refractivity contribution in [2.45, 2.75) is 161 Å². The lowest BCUT2D eigenvalue weighted by atomic mass is 10.0. The van der Waals surface area contributed by atoms with Crippen molar-refractivity contribution >= 4 is 11.9 Å². The maximum atomic E-state index is 12.3. The fourth-order valence-electron chi connectivity index (χ4n) is 5.68. The summed E-state index contributed by atoms with van der Waals surface area (Å²) in [7, 11) is 4.09. The van der Waals surface area contributed by atoms with E-state index < -0.39 is 5.97 Å². The highest BCUT2D eigenvalue weighted by Crippen LogP contribution is 2.45. The molecule has 0 heterocycles. The molecule has 0 amide bonds. The average molecular weight is 538 g/mol. The van der Waals surface area contributed by atoms with Gasteiger partial charge in [-0.05, 0) is 77.4 Å². The summed E-state index contributed by atoms with van der Waals surface area (Å²) >= 11 is 0. The number of aliphatic carboxylic acids is 1. The molecule has 1 fully saturated rings. The molecule has 1 saturated carbocycles. The average Bonchev–Trinajstić information content (AvgIpc) is 3.62. The van der Waals surface area contributed by atoms with Crippen LogP contribution in [0.4, 0.5) is 0 Å². The first-order chi connectivity index (χ1) is 18.3. The maximum absolute atomic E-state index is 12.3. The molecule has 224 valence electrons.